The van der Waals surface area contributed by atoms with E-state index in [9.17, 15) is 15.0 Å². The third-order valence-corrected chi connectivity index (χ3v) is 6.71. The van der Waals surface area contributed by atoms with Crippen LogP contribution in [0, 0.1) is 0 Å². The van der Waals surface area contributed by atoms with E-state index >= 15 is 0 Å². The van der Waals surface area contributed by atoms with Crippen LogP contribution in [-0.2, 0) is 4.79 Å². The third kappa shape index (κ3) is 7.03. The maximum atomic E-state index is 13.0. The van der Waals surface area contributed by atoms with Crippen molar-refractivity contribution in [2.45, 2.75) is 18.1 Å². The number of anilines is 2. The van der Waals surface area contributed by atoms with Crippen molar-refractivity contribution in [1.82, 2.24) is 9.97 Å². The molecule has 0 fully saturated rings. The first-order chi connectivity index (χ1) is 20.1. The summed E-state index contributed by atoms with van der Waals surface area (Å²) in [5.41, 5.74) is 3.56. The number of nitrogens with one attached hydrogen (secondary N) is 2. The van der Waals surface area contributed by atoms with Crippen LogP contribution in [0.2, 0.25) is 0 Å². The van der Waals surface area contributed by atoms with Gasteiger partial charge in [-0.3, -0.25) is 9.78 Å². The molecule has 1 amide bonds. The molecular weight excluding hydrogens is 512 g/mol. The smallest absolute Gasteiger partial charge is 0.248 e. The third-order valence-electron chi connectivity index (χ3n) is 6.71. The molecule has 7 nitrogen and oxygen atoms in total. The van der Waals surface area contributed by atoms with Crippen molar-refractivity contribution < 1.29 is 15.0 Å². The summed E-state index contributed by atoms with van der Waals surface area (Å²) in [5, 5.41) is 27.9. The van der Waals surface area contributed by atoms with Crippen LogP contribution < -0.4 is 10.6 Å². The summed E-state index contributed by atoms with van der Waals surface area (Å²) in [7, 11) is 0. The second-order valence-electron chi connectivity index (χ2n) is 9.47. The predicted octanol–water partition coefficient (Wildman–Crippen LogP) is 6.50. The molecule has 5 aromatic rings. The number of benzene rings is 3. The van der Waals surface area contributed by atoms with E-state index in [2.05, 4.69) is 20.6 Å². The fraction of sp³-hybridized carbons (Fsp3) is 0.0882. The summed E-state index contributed by atoms with van der Waals surface area (Å²) < 4.78 is 0. The minimum atomic E-state index is -0.925. The Morgan fingerprint density at radius 1 is 0.756 bits per heavy atom. The van der Waals surface area contributed by atoms with E-state index < -0.39 is 18.1 Å². The van der Waals surface area contributed by atoms with Crippen LogP contribution in [0.4, 0.5) is 11.5 Å². The average Bonchev–Trinajstić information content (AvgIpc) is 3.02. The van der Waals surface area contributed by atoms with Crippen molar-refractivity contribution in [2.24, 2.45) is 0 Å². The van der Waals surface area contributed by atoms with Crippen molar-refractivity contribution in [3.8, 4) is 5.75 Å². The van der Waals surface area contributed by atoms with Crippen molar-refractivity contribution in [1.29, 1.82) is 0 Å². The highest BCUT2D eigenvalue weighted by Crippen LogP contribution is 2.43. The number of para-hydroxylation sites is 1. The van der Waals surface area contributed by atoms with Gasteiger partial charge in [-0.05, 0) is 65.2 Å². The minimum absolute atomic E-state index is 0.159. The Morgan fingerprint density at radius 2 is 1.44 bits per heavy atom. The topological polar surface area (TPSA) is 107 Å². The van der Waals surface area contributed by atoms with Crippen molar-refractivity contribution in [3.63, 3.8) is 0 Å². The van der Waals surface area contributed by atoms with Crippen LogP contribution in [-0.4, -0.2) is 26.1 Å². The highest BCUT2D eigenvalue weighted by molar-refractivity contribution is 6.02. The van der Waals surface area contributed by atoms with Crippen LogP contribution in [0.3, 0.4) is 0 Å². The van der Waals surface area contributed by atoms with Gasteiger partial charge in [-0.25, -0.2) is 4.98 Å². The van der Waals surface area contributed by atoms with Gasteiger partial charge in [0, 0.05) is 29.9 Å². The summed E-state index contributed by atoms with van der Waals surface area (Å²) >= 11 is 0. The number of phenols is 1. The van der Waals surface area contributed by atoms with Crippen LogP contribution in [0.25, 0.3) is 6.08 Å². The molecule has 7 heteroatoms. The lowest BCUT2D eigenvalue weighted by Crippen LogP contribution is -2.27. The zero-order valence-electron chi connectivity index (χ0n) is 22.2. The van der Waals surface area contributed by atoms with E-state index in [0.717, 1.165) is 16.7 Å². The van der Waals surface area contributed by atoms with Gasteiger partial charge in [-0.2, -0.15) is 0 Å². The van der Waals surface area contributed by atoms with Gasteiger partial charge >= 0.3 is 0 Å². The van der Waals surface area contributed by atoms with E-state index in [-0.39, 0.29) is 11.7 Å². The second kappa shape index (κ2) is 13.2. The van der Waals surface area contributed by atoms with Crippen LogP contribution in [0.5, 0.6) is 5.75 Å². The van der Waals surface area contributed by atoms with Gasteiger partial charge in [0.25, 0.3) is 0 Å². The summed E-state index contributed by atoms with van der Waals surface area (Å²) in [5.74, 6) is -0.0922. The molecule has 0 bridgehead atoms. The largest absolute Gasteiger partial charge is 0.508 e. The number of pyridine rings is 2. The van der Waals surface area contributed by atoms with E-state index in [4.69, 9.17) is 0 Å². The lowest BCUT2D eigenvalue weighted by Gasteiger charge is -2.33. The first-order valence-electron chi connectivity index (χ1n) is 13.3. The molecule has 0 saturated carbocycles. The quantitative estimate of drug-likeness (QED) is 0.150. The number of rotatable bonds is 10. The van der Waals surface area contributed by atoms with Crippen molar-refractivity contribution in [3.05, 3.63) is 156 Å². The maximum Gasteiger partial charge on any atom is 0.248 e. The molecule has 0 unspecified atom stereocenters. The molecule has 0 aliphatic carbocycles. The molecular formula is C34H30N4O3. The van der Waals surface area contributed by atoms with Gasteiger partial charge in [0.2, 0.25) is 5.91 Å². The number of hydrogen-bond acceptors (Lipinski definition) is 6. The molecule has 3 aromatic carbocycles. The molecule has 3 atom stereocenters. The summed E-state index contributed by atoms with van der Waals surface area (Å²) in [6, 6.07) is 34.2. The van der Waals surface area contributed by atoms with Gasteiger partial charge in [-0.1, -0.05) is 72.8 Å². The Kier molecular flexibility index (Phi) is 8.78. The molecule has 4 N–H and O–H groups in total. The van der Waals surface area contributed by atoms with Crippen molar-refractivity contribution in [2.75, 3.05) is 10.6 Å². The Hall–Kier alpha value is -5.27. The molecule has 0 saturated heterocycles. The van der Waals surface area contributed by atoms with E-state index in [1.54, 1.807) is 42.7 Å². The number of amides is 1. The van der Waals surface area contributed by atoms with Gasteiger partial charge in [0.05, 0.1) is 18.1 Å². The fourth-order valence-corrected chi connectivity index (χ4v) is 4.73. The number of carbonyl (C=O) groups is 1. The molecule has 0 aliphatic heterocycles. The van der Waals surface area contributed by atoms with Gasteiger partial charge in [0.1, 0.15) is 11.6 Å². The SMILES string of the molecule is O=C(/C=C/c1ccc(O)cc1)Nc1ccccc1[C@@H](Nc1ccccn1)[C@H](c1ccccn1)[C@H](O)c1ccccc1. The first-order valence-corrected chi connectivity index (χ1v) is 13.3. The van der Waals surface area contributed by atoms with E-state index in [1.165, 1.54) is 6.08 Å². The molecule has 0 spiro atoms. The number of aromatic hydroxyl groups is 1. The number of aliphatic hydroxyl groups is 1. The molecule has 2 heterocycles. The number of phenolic OH excluding ortho intramolecular Hbond substituents is 1. The second-order valence-corrected chi connectivity index (χ2v) is 9.47. The van der Waals surface area contributed by atoms with Crippen LogP contribution in [0.1, 0.15) is 40.4 Å². The predicted molar refractivity (Wildman–Crippen MR) is 161 cm³/mol. The summed E-state index contributed by atoms with van der Waals surface area (Å²) in [4.78, 5) is 22.2. The Bertz CT molecular complexity index is 1580. The Labute approximate surface area is 238 Å². The number of aliphatic hydroxyl groups excluding tert-OH is 1. The van der Waals surface area contributed by atoms with E-state index in [0.29, 0.717) is 17.2 Å². The lowest BCUT2D eigenvalue weighted by atomic mass is 9.82. The zero-order valence-corrected chi connectivity index (χ0v) is 22.2. The molecule has 204 valence electrons. The zero-order chi connectivity index (χ0) is 28.4. The minimum Gasteiger partial charge on any atom is -0.508 e. The number of nitrogens with zero attached hydrogens (tertiary/aromatic N) is 2. The van der Waals surface area contributed by atoms with Crippen LogP contribution in [0.15, 0.2) is 134 Å². The standard InChI is InChI=1S/C34H30N4O3/c39-26-19-16-24(17-20-26)18-21-31(40)37-28-13-5-4-12-27(28)33(38-30-15-7-9-23-36-30)32(29-14-6-8-22-35-29)34(41)25-10-2-1-3-11-25/h1-23,32-34,39,41H,(H,36,38)(H,37,40)/b21-18+/t32-,33+,34+/m0/s1. The van der Waals surface area contributed by atoms with Gasteiger partial charge < -0.3 is 20.8 Å². The number of hydrogen-bond donors (Lipinski definition) is 4. The lowest BCUT2D eigenvalue weighted by molar-refractivity contribution is -0.111. The molecule has 41 heavy (non-hydrogen) atoms. The molecule has 0 aliphatic rings. The highest BCUT2D eigenvalue weighted by Gasteiger charge is 2.35. The van der Waals surface area contributed by atoms with Crippen molar-refractivity contribution >= 4 is 23.5 Å². The summed E-state index contributed by atoms with van der Waals surface area (Å²) in [6.45, 7) is 0. The normalized spacial score (nSPS) is 13.3. The first kappa shape index (κ1) is 27.3. The highest BCUT2D eigenvalue weighted by atomic mass is 16.3. The van der Waals surface area contributed by atoms with E-state index in [1.807, 2.05) is 91.0 Å². The fourth-order valence-electron chi connectivity index (χ4n) is 4.73. The van der Waals surface area contributed by atoms with Gasteiger partial charge in [-0.15, -0.1) is 0 Å². The maximum absolute atomic E-state index is 13.0. The number of aromatic nitrogens is 2. The molecule has 0 radical (unpaired) electrons. The number of carbonyl (C=O) groups excluding carboxylic acids is 1. The van der Waals surface area contributed by atoms with Crippen LogP contribution >= 0.6 is 0 Å². The Morgan fingerprint density at radius 3 is 2.15 bits per heavy atom. The molecule has 5 rings (SSSR count). The summed E-state index contributed by atoms with van der Waals surface area (Å²) in [6.07, 6.45) is 5.60. The Balaban J connectivity index is 1.55. The monoisotopic (exact) mass is 542 g/mol. The molecule has 2 aromatic heterocycles. The van der Waals surface area contributed by atoms with Gasteiger partial charge in [0.15, 0.2) is 0 Å². The average molecular weight is 543 g/mol.